The number of nitrogens with zero attached hydrogens (tertiary/aromatic N) is 2. The second-order valence-corrected chi connectivity index (χ2v) is 5.79. The van der Waals surface area contributed by atoms with Crippen molar-refractivity contribution in [1.82, 2.24) is 9.80 Å². The highest BCUT2D eigenvalue weighted by Crippen LogP contribution is 2.12. The summed E-state index contributed by atoms with van der Waals surface area (Å²) in [6.45, 7) is 0.928. The Kier molecular flexibility index (Phi) is 6.37. The normalized spacial score (nSPS) is 15.5. The Morgan fingerprint density at radius 1 is 1.29 bits per heavy atom. The predicted molar refractivity (Wildman–Crippen MR) is 90.3 cm³/mol. The molecular weight excluding hydrogens is 332 g/mol. The summed E-state index contributed by atoms with van der Waals surface area (Å²) in [5.41, 5.74) is 0.828. The number of rotatable bonds is 4. The quantitative estimate of drug-likeness (QED) is 0.611. The Labute approximate surface area is 145 Å². The number of carbonyl (C=O) groups is 3. The van der Waals surface area contributed by atoms with Gasteiger partial charge in [-0.05, 0) is 23.8 Å². The molecule has 1 aliphatic rings. The molecule has 1 aromatic carbocycles. The minimum absolute atomic E-state index is 0.0876. The molecule has 1 aromatic rings. The van der Waals surface area contributed by atoms with Gasteiger partial charge in [0.05, 0.1) is 7.11 Å². The van der Waals surface area contributed by atoms with Crippen molar-refractivity contribution in [2.45, 2.75) is 6.42 Å². The van der Waals surface area contributed by atoms with Crippen LogP contribution in [0.5, 0.6) is 0 Å². The van der Waals surface area contributed by atoms with Gasteiger partial charge < -0.3 is 14.5 Å². The van der Waals surface area contributed by atoms with Gasteiger partial charge in [0.15, 0.2) is 0 Å². The number of amides is 2. The van der Waals surface area contributed by atoms with Gasteiger partial charge in [-0.1, -0.05) is 23.7 Å². The molecule has 0 saturated carbocycles. The summed E-state index contributed by atoms with van der Waals surface area (Å²) >= 11 is 5.91. The van der Waals surface area contributed by atoms with Crippen LogP contribution in [0.3, 0.4) is 0 Å². The molecular formula is C17H19ClN2O4. The first-order valence-corrected chi connectivity index (χ1v) is 7.94. The highest BCUT2D eigenvalue weighted by Gasteiger charge is 2.24. The monoisotopic (exact) mass is 350 g/mol. The van der Waals surface area contributed by atoms with Crippen molar-refractivity contribution in [3.05, 3.63) is 40.9 Å². The number of hydrogen-bond acceptors (Lipinski definition) is 4. The maximum atomic E-state index is 12.3. The first kappa shape index (κ1) is 18.0. The maximum Gasteiger partial charge on any atom is 0.325 e. The second-order valence-electron chi connectivity index (χ2n) is 5.36. The van der Waals surface area contributed by atoms with Crippen molar-refractivity contribution in [2.75, 3.05) is 33.3 Å². The van der Waals surface area contributed by atoms with Gasteiger partial charge in [0.25, 0.3) is 0 Å². The predicted octanol–water partition coefficient (Wildman–Crippen LogP) is 1.59. The molecule has 2 rings (SSSR count). The number of hydrogen-bond donors (Lipinski definition) is 0. The van der Waals surface area contributed by atoms with E-state index in [4.69, 9.17) is 11.6 Å². The molecule has 6 nitrogen and oxygen atoms in total. The van der Waals surface area contributed by atoms with E-state index in [0.717, 1.165) is 5.56 Å². The van der Waals surface area contributed by atoms with Crippen molar-refractivity contribution >= 4 is 35.5 Å². The largest absolute Gasteiger partial charge is 0.468 e. The van der Waals surface area contributed by atoms with Gasteiger partial charge >= 0.3 is 5.97 Å². The van der Waals surface area contributed by atoms with Crippen LogP contribution in [-0.2, 0) is 19.1 Å². The highest BCUT2D eigenvalue weighted by atomic mass is 35.5. The summed E-state index contributed by atoms with van der Waals surface area (Å²) in [5.74, 6) is -0.804. The minimum atomic E-state index is -0.469. The average Bonchev–Trinajstić information content (AvgIpc) is 2.75. The molecule has 0 aliphatic carbocycles. The smallest absolute Gasteiger partial charge is 0.325 e. The van der Waals surface area contributed by atoms with Gasteiger partial charge in [-0.2, -0.15) is 0 Å². The number of halogens is 1. The van der Waals surface area contributed by atoms with Gasteiger partial charge in [-0.25, -0.2) is 0 Å². The molecule has 0 spiro atoms. The van der Waals surface area contributed by atoms with E-state index in [1.165, 1.54) is 18.1 Å². The number of esters is 1. The van der Waals surface area contributed by atoms with Gasteiger partial charge in [-0.3, -0.25) is 14.4 Å². The van der Waals surface area contributed by atoms with Crippen molar-refractivity contribution < 1.29 is 19.1 Å². The Bertz CT molecular complexity index is 660. The first-order chi connectivity index (χ1) is 11.5. The van der Waals surface area contributed by atoms with Gasteiger partial charge in [0.2, 0.25) is 11.8 Å². The molecule has 128 valence electrons. The van der Waals surface area contributed by atoms with Crippen LogP contribution in [-0.4, -0.2) is 60.9 Å². The maximum absolute atomic E-state index is 12.3. The molecule has 1 fully saturated rings. The standard InChI is InChI=1S/C17H19ClN2O4/c1-24-17(23)12-20-10-9-19(8-7-16(20)22)15(21)6-5-13-3-2-4-14(18)11-13/h2-6,11H,7-10,12H2,1H3. The molecule has 0 bridgehead atoms. The summed E-state index contributed by atoms with van der Waals surface area (Å²) in [6, 6.07) is 7.17. The van der Waals surface area contributed by atoms with E-state index in [1.54, 1.807) is 23.1 Å². The van der Waals surface area contributed by atoms with Crippen molar-refractivity contribution in [2.24, 2.45) is 0 Å². The Hall–Kier alpha value is -2.34. The van der Waals surface area contributed by atoms with Crippen molar-refractivity contribution in [1.29, 1.82) is 0 Å². The Morgan fingerprint density at radius 2 is 2.08 bits per heavy atom. The lowest BCUT2D eigenvalue weighted by atomic mass is 10.2. The fourth-order valence-corrected chi connectivity index (χ4v) is 2.56. The zero-order chi connectivity index (χ0) is 17.5. The van der Waals surface area contributed by atoms with Crippen LogP contribution in [0, 0.1) is 0 Å². The summed E-state index contributed by atoms with van der Waals surface area (Å²) in [5, 5.41) is 0.600. The summed E-state index contributed by atoms with van der Waals surface area (Å²) in [7, 11) is 1.28. The van der Waals surface area contributed by atoms with Crippen LogP contribution in [0.25, 0.3) is 6.08 Å². The fraction of sp³-hybridized carbons (Fsp3) is 0.353. The van der Waals surface area contributed by atoms with E-state index in [9.17, 15) is 14.4 Å². The van der Waals surface area contributed by atoms with Crippen LogP contribution in [0.2, 0.25) is 5.02 Å². The summed E-state index contributed by atoms with van der Waals surface area (Å²) in [4.78, 5) is 38.6. The van der Waals surface area contributed by atoms with Crippen molar-refractivity contribution in [3.8, 4) is 0 Å². The lowest BCUT2D eigenvalue weighted by Gasteiger charge is -2.20. The lowest BCUT2D eigenvalue weighted by molar-refractivity contribution is -0.146. The number of carbonyl (C=O) groups excluding carboxylic acids is 3. The summed E-state index contributed by atoms with van der Waals surface area (Å²) < 4.78 is 4.58. The first-order valence-electron chi connectivity index (χ1n) is 7.57. The third kappa shape index (κ3) is 5.09. The van der Waals surface area contributed by atoms with E-state index in [0.29, 0.717) is 24.7 Å². The Morgan fingerprint density at radius 3 is 2.79 bits per heavy atom. The molecule has 1 aliphatic heterocycles. The van der Waals surface area contributed by atoms with E-state index in [1.807, 2.05) is 12.1 Å². The zero-order valence-corrected chi connectivity index (χ0v) is 14.2. The van der Waals surface area contributed by atoms with Crippen LogP contribution in [0.1, 0.15) is 12.0 Å². The molecule has 0 atom stereocenters. The van der Waals surface area contributed by atoms with Gasteiger partial charge in [-0.15, -0.1) is 0 Å². The molecule has 1 saturated heterocycles. The fourth-order valence-electron chi connectivity index (χ4n) is 2.36. The van der Waals surface area contributed by atoms with E-state index < -0.39 is 5.97 Å². The van der Waals surface area contributed by atoms with Crippen LogP contribution >= 0.6 is 11.6 Å². The third-order valence-corrected chi connectivity index (χ3v) is 3.95. The highest BCUT2D eigenvalue weighted by molar-refractivity contribution is 6.30. The lowest BCUT2D eigenvalue weighted by Crippen LogP contribution is -2.38. The third-order valence-electron chi connectivity index (χ3n) is 3.71. The zero-order valence-electron chi connectivity index (χ0n) is 13.4. The SMILES string of the molecule is COC(=O)CN1CCN(C(=O)C=Cc2cccc(Cl)c2)CCC1=O. The molecule has 7 heteroatoms. The van der Waals surface area contributed by atoms with Gasteiger partial charge in [0, 0.05) is 37.2 Å². The molecule has 0 aromatic heterocycles. The minimum Gasteiger partial charge on any atom is -0.468 e. The van der Waals surface area contributed by atoms with E-state index >= 15 is 0 Å². The second kappa shape index (κ2) is 8.49. The van der Waals surface area contributed by atoms with E-state index in [-0.39, 0.29) is 24.8 Å². The molecule has 24 heavy (non-hydrogen) atoms. The van der Waals surface area contributed by atoms with Crippen LogP contribution < -0.4 is 0 Å². The number of methoxy groups -OCH3 is 1. The van der Waals surface area contributed by atoms with Crippen LogP contribution in [0.4, 0.5) is 0 Å². The van der Waals surface area contributed by atoms with Gasteiger partial charge in [0.1, 0.15) is 6.54 Å². The average molecular weight is 351 g/mol. The number of ether oxygens (including phenoxy) is 1. The molecule has 0 unspecified atom stereocenters. The molecule has 2 amide bonds. The summed E-state index contributed by atoms with van der Waals surface area (Å²) in [6.07, 6.45) is 3.34. The molecule has 0 radical (unpaired) electrons. The van der Waals surface area contributed by atoms with Crippen molar-refractivity contribution in [3.63, 3.8) is 0 Å². The van der Waals surface area contributed by atoms with Crippen LogP contribution in [0.15, 0.2) is 30.3 Å². The van der Waals surface area contributed by atoms with E-state index in [2.05, 4.69) is 4.74 Å². The number of benzene rings is 1. The molecule has 0 N–H and O–H groups in total. The Balaban J connectivity index is 1.96. The topological polar surface area (TPSA) is 66.9 Å². The molecule has 1 heterocycles.